The Labute approximate surface area is 117 Å². The third-order valence-corrected chi connectivity index (χ3v) is 3.27. The van der Waals surface area contributed by atoms with Crippen LogP contribution in [-0.4, -0.2) is 34.5 Å². The second kappa shape index (κ2) is 5.34. The summed E-state index contributed by atoms with van der Waals surface area (Å²) in [6.07, 6.45) is -4.12. The monoisotopic (exact) mass is 305 g/mol. The van der Waals surface area contributed by atoms with Crippen molar-refractivity contribution in [1.82, 2.24) is 4.90 Å². The SMILES string of the molecule is O=C(O)C1CCCN1C(=O)c1cc(F)cc(C(F)(F)F)c1. The van der Waals surface area contributed by atoms with Crippen LogP contribution in [-0.2, 0) is 11.0 Å². The van der Waals surface area contributed by atoms with E-state index in [0.29, 0.717) is 18.6 Å². The highest BCUT2D eigenvalue weighted by atomic mass is 19.4. The van der Waals surface area contributed by atoms with Crippen molar-refractivity contribution in [1.29, 1.82) is 0 Å². The molecule has 1 aliphatic rings. The van der Waals surface area contributed by atoms with Gasteiger partial charge in [0.15, 0.2) is 0 Å². The molecule has 1 aromatic carbocycles. The average Bonchev–Trinajstić information content (AvgIpc) is 2.85. The summed E-state index contributed by atoms with van der Waals surface area (Å²) in [5.41, 5.74) is -1.78. The number of nitrogens with zero attached hydrogens (tertiary/aromatic N) is 1. The molecule has 114 valence electrons. The highest BCUT2D eigenvalue weighted by Gasteiger charge is 2.36. The first-order chi connectivity index (χ1) is 9.70. The first-order valence-electron chi connectivity index (χ1n) is 6.11. The number of halogens is 4. The Morgan fingerprint density at radius 3 is 2.48 bits per heavy atom. The predicted molar refractivity (Wildman–Crippen MR) is 63.1 cm³/mol. The minimum absolute atomic E-state index is 0.119. The van der Waals surface area contributed by atoms with Crippen LogP contribution in [0.5, 0.6) is 0 Å². The molecular formula is C13H11F4NO3. The molecule has 0 spiro atoms. The molecule has 0 saturated carbocycles. The van der Waals surface area contributed by atoms with Gasteiger partial charge in [0.2, 0.25) is 0 Å². The van der Waals surface area contributed by atoms with Gasteiger partial charge in [0.25, 0.3) is 5.91 Å². The van der Waals surface area contributed by atoms with Gasteiger partial charge in [0, 0.05) is 12.1 Å². The fourth-order valence-corrected chi connectivity index (χ4v) is 2.31. The number of carboxylic acids is 1. The summed E-state index contributed by atoms with van der Waals surface area (Å²) in [5.74, 6) is -3.34. The fraction of sp³-hybridized carbons (Fsp3) is 0.385. The molecule has 1 fully saturated rings. The van der Waals surface area contributed by atoms with Crippen LogP contribution >= 0.6 is 0 Å². The van der Waals surface area contributed by atoms with Crippen LogP contribution in [0.25, 0.3) is 0 Å². The third-order valence-electron chi connectivity index (χ3n) is 3.27. The molecule has 0 radical (unpaired) electrons. The number of rotatable bonds is 2. The number of amides is 1. The van der Waals surface area contributed by atoms with Gasteiger partial charge in [-0.25, -0.2) is 9.18 Å². The van der Waals surface area contributed by atoms with Gasteiger partial charge < -0.3 is 10.0 Å². The quantitative estimate of drug-likeness (QED) is 0.854. The Balaban J connectivity index is 2.35. The first-order valence-corrected chi connectivity index (χ1v) is 6.11. The fourth-order valence-electron chi connectivity index (χ4n) is 2.31. The second-order valence-electron chi connectivity index (χ2n) is 4.72. The van der Waals surface area contributed by atoms with Crippen molar-refractivity contribution in [2.75, 3.05) is 6.54 Å². The molecule has 1 N–H and O–H groups in total. The molecule has 1 aromatic rings. The van der Waals surface area contributed by atoms with Gasteiger partial charge in [-0.05, 0) is 31.0 Å². The second-order valence-corrected chi connectivity index (χ2v) is 4.72. The van der Waals surface area contributed by atoms with Gasteiger partial charge in [-0.2, -0.15) is 13.2 Å². The van der Waals surface area contributed by atoms with E-state index in [9.17, 15) is 27.2 Å². The number of carboxylic acid groups (broad SMARTS) is 1. The van der Waals surface area contributed by atoms with Crippen molar-refractivity contribution in [3.8, 4) is 0 Å². The molecule has 0 bridgehead atoms. The summed E-state index contributed by atoms with van der Waals surface area (Å²) in [5, 5.41) is 8.97. The molecule has 0 aromatic heterocycles. The van der Waals surface area contributed by atoms with Gasteiger partial charge in [-0.1, -0.05) is 0 Å². The zero-order valence-electron chi connectivity index (χ0n) is 10.7. The van der Waals surface area contributed by atoms with Crippen LogP contribution in [0, 0.1) is 5.82 Å². The predicted octanol–water partition coefficient (Wildman–Crippen LogP) is 2.53. The van der Waals surface area contributed by atoms with Crippen molar-refractivity contribution >= 4 is 11.9 Å². The summed E-state index contributed by atoms with van der Waals surface area (Å²) in [6, 6.07) is 0.405. The highest BCUT2D eigenvalue weighted by molar-refractivity contribution is 5.97. The van der Waals surface area contributed by atoms with Crippen LogP contribution in [0.4, 0.5) is 17.6 Å². The lowest BCUT2D eigenvalue weighted by atomic mass is 10.1. The van der Waals surface area contributed by atoms with E-state index in [1.807, 2.05) is 0 Å². The molecule has 1 saturated heterocycles. The Morgan fingerprint density at radius 1 is 1.24 bits per heavy atom. The average molecular weight is 305 g/mol. The number of hydrogen-bond donors (Lipinski definition) is 1. The maximum absolute atomic E-state index is 13.3. The van der Waals surface area contributed by atoms with E-state index < -0.39 is 41.0 Å². The molecule has 1 aliphatic heterocycles. The van der Waals surface area contributed by atoms with Crippen LogP contribution < -0.4 is 0 Å². The van der Waals surface area contributed by atoms with Gasteiger partial charge in [-0.3, -0.25) is 4.79 Å². The number of carbonyl (C=O) groups excluding carboxylic acids is 1. The number of carbonyl (C=O) groups is 2. The molecule has 2 rings (SSSR count). The summed E-state index contributed by atoms with van der Waals surface area (Å²) in [7, 11) is 0. The maximum Gasteiger partial charge on any atom is 0.416 e. The van der Waals surface area contributed by atoms with Crippen LogP contribution in [0.2, 0.25) is 0 Å². The minimum Gasteiger partial charge on any atom is -0.480 e. The number of benzene rings is 1. The molecule has 4 nitrogen and oxygen atoms in total. The van der Waals surface area contributed by atoms with E-state index in [0.717, 1.165) is 4.90 Å². The van der Waals surface area contributed by atoms with E-state index in [4.69, 9.17) is 5.11 Å². The lowest BCUT2D eigenvalue weighted by Gasteiger charge is -2.22. The van der Waals surface area contributed by atoms with E-state index in [1.165, 1.54) is 0 Å². The van der Waals surface area contributed by atoms with Crippen LogP contribution in [0.3, 0.4) is 0 Å². The standard InChI is InChI=1S/C13H11F4NO3/c14-9-5-7(4-8(6-9)13(15,16)17)11(19)18-3-1-2-10(18)12(20)21/h4-6,10H,1-3H2,(H,20,21). The Kier molecular flexibility index (Phi) is 3.89. The Hall–Kier alpha value is -2.12. The van der Waals surface area contributed by atoms with Crippen molar-refractivity contribution in [3.63, 3.8) is 0 Å². The minimum atomic E-state index is -4.78. The summed E-state index contributed by atoms with van der Waals surface area (Å²) < 4.78 is 51.1. The molecule has 0 aliphatic carbocycles. The largest absolute Gasteiger partial charge is 0.480 e. The number of likely N-dealkylation sites (tertiary alicyclic amines) is 1. The lowest BCUT2D eigenvalue weighted by Crippen LogP contribution is -2.40. The zero-order chi connectivity index (χ0) is 15.8. The molecule has 8 heteroatoms. The number of hydrogen-bond acceptors (Lipinski definition) is 2. The van der Waals surface area contributed by atoms with Gasteiger partial charge in [-0.15, -0.1) is 0 Å². The van der Waals surface area contributed by atoms with Crippen LogP contribution in [0.1, 0.15) is 28.8 Å². The van der Waals surface area contributed by atoms with Crippen molar-refractivity contribution < 1.29 is 32.3 Å². The van der Waals surface area contributed by atoms with Crippen LogP contribution in [0.15, 0.2) is 18.2 Å². The smallest absolute Gasteiger partial charge is 0.416 e. The molecule has 21 heavy (non-hydrogen) atoms. The molecule has 1 amide bonds. The highest BCUT2D eigenvalue weighted by Crippen LogP contribution is 2.31. The summed E-state index contributed by atoms with van der Waals surface area (Å²) in [6.45, 7) is 0.119. The van der Waals surface area contributed by atoms with Gasteiger partial charge >= 0.3 is 12.1 Å². The van der Waals surface area contributed by atoms with E-state index in [2.05, 4.69) is 0 Å². The van der Waals surface area contributed by atoms with Crippen molar-refractivity contribution in [2.24, 2.45) is 0 Å². The maximum atomic E-state index is 13.3. The van der Waals surface area contributed by atoms with E-state index in [1.54, 1.807) is 0 Å². The summed E-state index contributed by atoms with van der Waals surface area (Å²) >= 11 is 0. The Bertz CT molecular complexity index is 585. The number of aliphatic carboxylic acids is 1. The molecule has 1 heterocycles. The first kappa shape index (κ1) is 15.3. The van der Waals surface area contributed by atoms with Gasteiger partial charge in [0.1, 0.15) is 11.9 Å². The lowest BCUT2D eigenvalue weighted by molar-refractivity contribution is -0.141. The zero-order valence-corrected chi connectivity index (χ0v) is 10.7. The topological polar surface area (TPSA) is 57.6 Å². The molecule has 1 atom stereocenters. The normalized spacial score (nSPS) is 18.9. The number of alkyl halides is 3. The van der Waals surface area contributed by atoms with Crippen molar-refractivity contribution in [3.05, 3.63) is 35.1 Å². The third kappa shape index (κ3) is 3.14. The molecule has 1 unspecified atom stereocenters. The molecular weight excluding hydrogens is 294 g/mol. The van der Waals surface area contributed by atoms with Crippen molar-refractivity contribution in [2.45, 2.75) is 25.1 Å². The van der Waals surface area contributed by atoms with E-state index >= 15 is 0 Å². The Morgan fingerprint density at radius 2 is 1.90 bits per heavy atom. The van der Waals surface area contributed by atoms with E-state index in [-0.39, 0.29) is 19.0 Å². The van der Waals surface area contributed by atoms with Gasteiger partial charge in [0.05, 0.1) is 5.56 Å². The summed E-state index contributed by atoms with van der Waals surface area (Å²) in [4.78, 5) is 24.1.